The molecule has 3 rings (SSSR count). The molecule has 4 atom stereocenters. The van der Waals surface area contributed by atoms with E-state index in [9.17, 15) is 19.2 Å². The first kappa shape index (κ1) is 32.9. The summed E-state index contributed by atoms with van der Waals surface area (Å²) in [5.41, 5.74) is 6.19. The molecule has 0 aliphatic heterocycles. The molecule has 1 aliphatic rings. The summed E-state index contributed by atoms with van der Waals surface area (Å²) in [7, 11) is 0. The molecule has 1 fully saturated rings. The monoisotopic (exact) mass is 597 g/mol. The number of anilines is 1. The van der Waals surface area contributed by atoms with Crippen LogP contribution in [0.3, 0.4) is 0 Å². The van der Waals surface area contributed by atoms with E-state index in [4.69, 9.17) is 25.2 Å². The Morgan fingerprint density at radius 3 is 2.49 bits per heavy atom. The largest absolute Gasteiger partial charge is 0.513 e. The molecule has 2 unspecified atom stereocenters. The Labute approximate surface area is 249 Å². The lowest BCUT2D eigenvalue weighted by Crippen LogP contribution is -2.38. The van der Waals surface area contributed by atoms with Crippen molar-refractivity contribution in [2.45, 2.75) is 70.9 Å². The van der Waals surface area contributed by atoms with Gasteiger partial charge in [0.25, 0.3) is 0 Å². The number of benzene rings is 1. The molecule has 1 aromatic carbocycles. The lowest BCUT2D eigenvalue weighted by Gasteiger charge is -2.17. The Morgan fingerprint density at radius 2 is 1.86 bits per heavy atom. The van der Waals surface area contributed by atoms with Gasteiger partial charge >= 0.3 is 18.2 Å². The van der Waals surface area contributed by atoms with Gasteiger partial charge in [-0.1, -0.05) is 27.2 Å². The highest BCUT2D eigenvalue weighted by molar-refractivity contribution is 5.99. The zero-order chi connectivity index (χ0) is 31.5. The highest BCUT2D eigenvalue weighted by Crippen LogP contribution is 2.47. The van der Waals surface area contributed by atoms with Crippen LogP contribution in [0.4, 0.5) is 19.8 Å². The van der Waals surface area contributed by atoms with Crippen molar-refractivity contribution in [3.63, 3.8) is 0 Å². The number of aromatic nitrogens is 1. The van der Waals surface area contributed by atoms with Crippen LogP contribution >= 0.6 is 0 Å². The molecule has 1 saturated carbocycles. The van der Waals surface area contributed by atoms with Gasteiger partial charge in [-0.15, -0.1) is 0 Å². The standard InChI is InChI=1S/C30H36FN5O7/c1-4-17(3)26(33)28(38)41-12-6-7-13-42-30(40)43-27-19(23(37)5-2)9-10-21(31)25(27)20-14-22(20)35-29(39)36-24-11-8-18(15-32)16-34-24/h8-11,16-17,20,22,26H,4-7,12-14,33H2,1-3H3,(H2,34,35,36,39)/t17-,20?,22?,26-/m0/s1. The van der Waals surface area contributed by atoms with E-state index in [-0.39, 0.29) is 54.0 Å². The van der Waals surface area contributed by atoms with Gasteiger partial charge in [0, 0.05) is 30.1 Å². The van der Waals surface area contributed by atoms with E-state index in [1.807, 2.05) is 19.9 Å². The SMILES string of the molecule is CCC(=O)c1ccc(F)c(C2CC2NC(=O)Nc2ccc(C#N)cn2)c1OC(=O)OCCCCOC(=O)[C@@H](N)[C@@H](C)CC. The van der Waals surface area contributed by atoms with Crippen LogP contribution in [0, 0.1) is 23.1 Å². The van der Waals surface area contributed by atoms with Crippen LogP contribution in [0.2, 0.25) is 0 Å². The van der Waals surface area contributed by atoms with Crippen LogP contribution < -0.4 is 21.1 Å². The number of nitrogens with one attached hydrogen (secondary N) is 2. The average molecular weight is 598 g/mol. The van der Waals surface area contributed by atoms with Gasteiger partial charge < -0.3 is 25.3 Å². The molecule has 230 valence electrons. The van der Waals surface area contributed by atoms with E-state index >= 15 is 4.39 Å². The van der Waals surface area contributed by atoms with Crippen LogP contribution in [0.25, 0.3) is 0 Å². The zero-order valence-corrected chi connectivity index (χ0v) is 24.4. The van der Waals surface area contributed by atoms with Crippen molar-refractivity contribution in [1.82, 2.24) is 10.3 Å². The number of nitrogens with two attached hydrogens (primary N) is 1. The van der Waals surface area contributed by atoms with E-state index in [0.717, 1.165) is 12.5 Å². The smallest absolute Gasteiger partial charge is 0.465 e. The molecule has 43 heavy (non-hydrogen) atoms. The number of ether oxygens (including phenoxy) is 3. The number of esters is 1. The fourth-order valence-electron chi connectivity index (χ4n) is 4.20. The van der Waals surface area contributed by atoms with Crippen LogP contribution in [0.5, 0.6) is 5.75 Å². The van der Waals surface area contributed by atoms with Crippen molar-refractivity contribution in [2.24, 2.45) is 11.7 Å². The first-order valence-corrected chi connectivity index (χ1v) is 14.2. The van der Waals surface area contributed by atoms with Gasteiger partial charge in [0.1, 0.15) is 23.7 Å². The third kappa shape index (κ3) is 9.21. The molecular formula is C30H36FN5O7. The Morgan fingerprint density at radius 1 is 1.14 bits per heavy atom. The van der Waals surface area contributed by atoms with Crippen LogP contribution in [-0.4, -0.2) is 54.2 Å². The third-order valence-electron chi connectivity index (χ3n) is 7.09. The lowest BCUT2D eigenvalue weighted by molar-refractivity contribution is -0.146. The minimum absolute atomic E-state index is 0.00662. The van der Waals surface area contributed by atoms with E-state index < -0.39 is 42.0 Å². The van der Waals surface area contributed by atoms with Gasteiger partial charge in [-0.05, 0) is 49.4 Å². The number of Topliss-reactive ketones (excluding diaryl/α,β-unsaturated/α-hetero) is 1. The summed E-state index contributed by atoms with van der Waals surface area (Å²) in [6, 6.07) is 5.47. The van der Waals surface area contributed by atoms with Crippen molar-refractivity contribution in [2.75, 3.05) is 18.5 Å². The Kier molecular flexibility index (Phi) is 11.9. The number of hydrogen-bond acceptors (Lipinski definition) is 10. The van der Waals surface area contributed by atoms with E-state index in [0.29, 0.717) is 24.8 Å². The molecular weight excluding hydrogens is 561 g/mol. The van der Waals surface area contributed by atoms with E-state index in [1.165, 1.54) is 24.4 Å². The van der Waals surface area contributed by atoms with Gasteiger partial charge in [-0.2, -0.15) is 5.26 Å². The number of nitriles is 1. The number of urea groups is 1. The fourth-order valence-corrected chi connectivity index (χ4v) is 4.20. The van der Waals surface area contributed by atoms with Crippen molar-refractivity contribution in [3.8, 4) is 11.8 Å². The predicted molar refractivity (Wildman–Crippen MR) is 153 cm³/mol. The number of hydrogen-bond donors (Lipinski definition) is 3. The topological polar surface area (TPSA) is 183 Å². The number of carbonyl (C=O) groups is 4. The molecule has 0 bridgehead atoms. The summed E-state index contributed by atoms with van der Waals surface area (Å²) >= 11 is 0. The molecule has 1 aromatic heterocycles. The van der Waals surface area contributed by atoms with Crippen molar-refractivity contribution < 1.29 is 37.8 Å². The number of carbonyl (C=O) groups excluding carboxylic acids is 4. The maximum atomic E-state index is 15.1. The maximum absolute atomic E-state index is 15.1. The number of pyridine rings is 1. The molecule has 13 heteroatoms. The van der Waals surface area contributed by atoms with E-state index in [1.54, 1.807) is 6.92 Å². The van der Waals surface area contributed by atoms with Gasteiger partial charge in [0.15, 0.2) is 11.5 Å². The first-order valence-electron chi connectivity index (χ1n) is 14.2. The minimum Gasteiger partial charge on any atom is -0.465 e. The fraction of sp³-hybridized carbons (Fsp3) is 0.467. The molecule has 2 amide bonds. The molecule has 0 spiro atoms. The van der Waals surface area contributed by atoms with Gasteiger partial charge in [0.05, 0.1) is 24.3 Å². The van der Waals surface area contributed by atoms with E-state index in [2.05, 4.69) is 15.6 Å². The van der Waals surface area contributed by atoms with Crippen LogP contribution in [0.15, 0.2) is 30.5 Å². The van der Waals surface area contributed by atoms with Crippen molar-refractivity contribution >= 4 is 29.8 Å². The summed E-state index contributed by atoms with van der Waals surface area (Å²) < 4.78 is 30.8. The summed E-state index contributed by atoms with van der Waals surface area (Å²) in [5.74, 6) is -2.15. The summed E-state index contributed by atoms with van der Waals surface area (Å²) in [6.45, 7) is 5.46. The van der Waals surface area contributed by atoms with Gasteiger partial charge in [0.2, 0.25) is 0 Å². The lowest BCUT2D eigenvalue weighted by atomic mass is 10.00. The molecule has 2 aromatic rings. The Hall–Kier alpha value is -4.57. The second-order valence-corrected chi connectivity index (χ2v) is 10.2. The third-order valence-corrected chi connectivity index (χ3v) is 7.09. The quantitative estimate of drug-likeness (QED) is 0.121. The number of halogens is 1. The second kappa shape index (κ2) is 15.6. The summed E-state index contributed by atoms with van der Waals surface area (Å²) in [6.07, 6.45) is 2.12. The van der Waals surface area contributed by atoms with Crippen LogP contribution in [0.1, 0.15) is 80.3 Å². The number of amides is 2. The zero-order valence-electron chi connectivity index (χ0n) is 24.4. The molecule has 1 aliphatic carbocycles. The highest BCUT2D eigenvalue weighted by atomic mass is 19.1. The van der Waals surface area contributed by atoms with Gasteiger partial charge in [-0.3, -0.25) is 14.9 Å². The average Bonchev–Trinajstić information content (AvgIpc) is 3.75. The predicted octanol–water partition coefficient (Wildman–Crippen LogP) is 4.57. The Bertz CT molecular complexity index is 1360. The van der Waals surface area contributed by atoms with Crippen molar-refractivity contribution in [3.05, 3.63) is 53.0 Å². The number of nitrogens with zero attached hydrogens (tertiary/aromatic N) is 2. The first-order chi connectivity index (χ1) is 20.6. The molecule has 12 nitrogen and oxygen atoms in total. The molecule has 1 heterocycles. The summed E-state index contributed by atoms with van der Waals surface area (Å²) in [4.78, 5) is 53.5. The van der Waals surface area contributed by atoms with Crippen molar-refractivity contribution in [1.29, 1.82) is 5.26 Å². The Balaban J connectivity index is 1.58. The molecule has 0 saturated heterocycles. The minimum atomic E-state index is -1.12. The number of rotatable bonds is 14. The normalized spacial score (nSPS) is 16.7. The maximum Gasteiger partial charge on any atom is 0.513 e. The summed E-state index contributed by atoms with van der Waals surface area (Å²) in [5, 5.41) is 14.1. The highest BCUT2D eigenvalue weighted by Gasteiger charge is 2.44. The van der Waals surface area contributed by atoms with Gasteiger partial charge in [-0.25, -0.2) is 19.0 Å². The second-order valence-electron chi connectivity index (χ2n) is 10.2. The molecule has 4 N–H and O–H groups in total. The number of unbranched alkanes of at least 4 members (excludes halogenated alkanes) is 1. The molecule has 0 radical (unpaired) electrons. The van der Waals surface area contributed by atoms with Crippen LogP contribution in [-0.2, 0) is 14.3 Å². The number of ketones is 1.